The molecule has 1 saturated heterocycles. The minimum Gasteiger partial charge on any atom is -0.497 e. The van der Waals surface area contributed by atoms with E-state index in [0.29, 0.717) is 5.92 Å². The average molecular weight is 220 g/mol. The highest BCUT2D eigenvalue weighted by Crippen LogP contribution is 2.30. The van der Waals surface area contributed by atoms with Crippen molar-refractivity contribution in [3.05, 3.63) is 24.0 Å². The van der Waals surface area contributed by atoms with E-state index in [-0.39, 0.29) is 0 Å². The van der Waals surface area contributed by atoms with E-state index in [4.69, 9.17) is 4.74 Å². The SMILES string of the molecule is COc1ccnc(C(C)C2CCNCC2)c1. The summed E-state index contributed by atoms with van der Waals surface area (Å²) in [6.07, 6.45) is 4.34. The van der Waals surface area contributed by atoms with Crippen LogP contribution in [0.2, 0.25) is 0 Å². The highest BCUT2D eigenvalue weighted by molar-refractivity contribution is 5.24. The zero-order valence-electron chi connectivity index (χ0n) is 10.1. The summed E-state index contributed by atoms with van der Waals surface area (Å²) in [5.41, 5.74) is 1.16. The summed E-state index contributed by atoms with van der Waals surface area (Å²) < 4.78 is 5.24. The molecule has 3 nitrogen and oxygen atoms in total. The molecule has 0 saturated carbocycles. The van der Waals surface area contributed by atoms with Gasteiger partial charge in [0.05, 0.1) is 7.11 Å². The molecule has 0 spiro atoms. The predicted molar refractivity (Wildman–Crippen MR) is 64.8 cm³/mol. The highest BCUT2D eigenvalue weighted by Gasteiger charge is 2.22. The van der Waals surface area contributed by atoms with Crippen molar-refractivity contribution in [2.75, 3.05) is 20.2 Å². The molecule has 1 atom stereocenters. The first-order valence-electron chi connectivity index (χ1n) is 6.02. The minimum absolute atomic E-state index is 0.525. The molecule has 0 amide bonds. The van der Waals surface area contributed by atoms with E-state index in [1.807, 2.05) is 12.3 Å². The minimum atomic E-state index is 0.525. The van der Waals surface area contributed by atoms with E-state index in [1.54, 1.807) is 7.11 Å². The molecule has 0 radical (unpaired) electrons. The lowest BCUT2D eigenvalue weighted by Crippen LogP contribution is -2.30. The molecule has 3 heteroatoms. The molecule has 0 aromatic carbocycles. The maximum absolute atomic E-state index is 5.24. The summed E-state index contributed by atoms with van der Waals surface area (Å²) in [6.45, 7) is 4.55. The lowest BCUT2D eigenvalue weighted by atomic mass is 9.84. The first-order chi connectivity index (χ1) is 7.81. The van der Waals surface area contributed by atoms with Crippen LogP contribution in [0.3, 0.4) is 0 Å². The van der Waals surface area contributed by atoms with Gasteiger partial charge in [0.1, 0.15) is 5.75 Å². The van der Waals surface area contributed by atoms with Crippen LogP contribution in [0.4, 0.5) is 0 Å². The van der Waals surface area contributed by atoms with Crippen LogP contribution in [0.1, 0.15) is 31.4 Å². The Kier molecular flexibility index (Phi) is 3.78. The van der Waals surface area contributed by atoms with Gasteiger partial charge in [-0.1, -0.05) is 6.92 Å². The third-order valence-corrected chi connectivity index (χ3v) is 3.55. The van der Waals surface area contributed by atoms with Crippen molar-refractivity contribution in [1.29, 1.82) is 0 Å². The second-order valence-electron chi connectivity index (χ2n) is 4.50. The quantitative estimate of drug-likeness (QED) is 0.848. The van der Waals surface area contributed by atoms with E-state index < -0.39 is 0 Å². The highest BCUT2D eigenvalue weighted by atomic mass is 16.5. The van der Waals surface area contributed by atoms with Crippen molar-refractivity contribution in [2.24, 2.45) is 5.92 Å². The Morgan fingerprint density at radius 1 is 1.44 bits per heavy atom. The number of hydrogen-bond acceptors (Lipinski definition) is 3. The molecule has 1 aliphatic heterocycles. The van der Waals surface area contributed by atoms with Crippen LogP contribution in [0.25, 0.3) is 0 Å². The second-order valence-corrected chi connectivity index (χ2v) is 4.50. The molecule has 1 aromatic heterocycles. The molecular formula is C13H20N2O. The summed E-state index contributed by atoms with van der Waals surface area (Å²) in [6, 6.07) is 3.96. The van der Waals surface area contributed by atoms with Gasteiger partial charge in [-0.3, -0.25) is 4.98 Å². The number of hydrogen-bond donors (Lipinski definition) is 1. The molecule has 1 aliphatic rings. The van der Waals surface area contributed by atoms with Crippen molar-refractivity contribution < 1.29 is 4.74 Å². The summed E-state index contributed by atoms with van der Waals surface area (Å²) >= 11 is 0. The van der Waals surface area contributed by atoms with Crippen LogP contribution in [0.15, 0.2) is 18.3 Å². The fraction of sp³-hybridized carbons (Fsp3) is 0.615. The zero-order chi connectivity index (χ0) is 11.4. The monoisotopic (exact) mass is 220 g/mol. The van der Waals surface area contributed by atoms with E-state index in [9.17, 15) is 0 Å². The molecule has 0 bridgehead atoms. The molecule has 2 rings (SSSR count). The molecular weight excluding hydrogens is 200 g/mol. The van der Waals surface area contributed by atoms with Crippen molar-refractivity contribution in [3.8, 4) is 5.75 Å². The Morgan fingerprint density at radius 2 is 2.19 bits per heavy atom. The fourth-order valence-corrected chi connectivity index (χ4v) is 2.39. The van der Waals surface area contributed by atoms with Crippen LogP contribution in [-0.4, -0.2) is 25.2 Å². The molecule has 0 aliphatic carbocycles. The van der Waals surface area contributed by atoms with Gasteiger partial charge in [-0.05, 0) is 37.9 Å². The Balaban J connectivity index is 2.09. The maximum Gasteiger partial charge on any atom is 0.122 e. The Hall–Kier alpha value is -1.09. The van der Waals surface area contributed by atoms with Gasteiger partial charge < -0.3 is 10.1 Å². The van der Waals surface area contributed by atoms with Crippen LogP contribution in [0, 0.1) is 5.92 Å². The van der Waals surface area contributed by atoms with E-state index in [1.165, 1.54) is 12.8 Å². The Morgan fingerprint density at radius 3 is 2.88 bits per heavy atom. The zero-order valence-corrected chi connectivity index (χ0v) is 10.1. The van der Waals surface area contributed by atoms with Gasteiger partial charge in [-0.2, -0.15) is 0 Å². The average Bonchev–Trinajstić information content (AvgIpc) is 2.39. The van der Waals surface area contributed by atoms with E-state index in [0.717, 1.165) is 30.5 Å². The molecule has 1 fully saturated rings. The van der Waals surface area contributed by atoms with Gasteiger partial charge >= 0.3 is 0 Å². The Labute approximate surface area is 97.2 Å². The van der Waals surface area contributed by atoms with E-state index >= 15 is 0 Å². The topological polar surface area (TPSA) is 34.1 Å². The van der Waals surface area contributed by atoms with Crippen LogP contribution < -0.4 is 10.1 Å². The van der Waals surface area contributed by atoms with Gasteiger partial charge in [-0.15, -0.1) is 0 Å². The Bertz CT molecular complexity index is 334. The first-order valence-corrected chi connectivity index (χ1v) is 6.02. The summed E-state index contributed by atoms with van der Waals surface area (Å²) in [4.78, 5) is 4.46. The third-order valence-electron chi connectivity index (χ3n) is 3.55. The standard InChI is InChI=1S/C13H20N2O/c1-10(11-3-6-14-7-4-11)13-9-12(16-2)5-8-15-13/h5,8-11,14H,3-4,6-7H2,1-2H3. The number of pyridine rings is 1. The molecule has 1 N–H and O–H groups in total. The first kappa shape index (κ1) is 11.4. The number of nitrogens with zero attached hydrogens (tertiary/aromatic N) is 1. The van der Waals surface area contributed by atoms with Gasteiger partial charge in [0.15, 0.2) is 0 Å². The fourth-order valence-electron chi connectivity index (χ4n) is 2.39. The number of methoxy groups -OCH3 is 1. The van der Waals surface area contributed by atoms with Crippen molar-refractivity contribution in [2.45, 2.75) is 25.7 Å². The van der Waals surface area contributed by atoms with Crippen molar-refractivity contribution in [1.82, 2.24) is 10.3 Å². The number of nitrogens with one attached hydrogen (secondary N) is 1. The predicted octanol–water partition coefficient (Wildman–Crippen LogP) is 2.19. The third kappa shape index (κ3) is 2.53. The lowest BCUT2D eigenvalue weighted by Gasteiger charge is -2.28. The smallest absolute Gasteiger partial charge is 0.122 e. The molecule has 16 heavy (non-hydrogen) atoms. The van der Waals surface area contributed by atoms with Crippen molar-refractivity contribution >= 4 is 0 Å². The van der Waals surface area contributed by atoms with Crippen LogP contribution in [0.5, 0.6) is 5.75 Å². The van der Waals surface area contributed by atoms with Gasteiger partial charge in [0.2, 0.25) is 0 Å². The van der Waals surface area contributed by atoms with Gasteiger partial charge in [0.25, 0.3) is 0 Å². The van der Waals surface area contributed by atoms with Crippen LogP contribution >= 0.6 is 0 Å². The molecule has 2 heterocycles. The number of ether oxygens (including phenoxy) is 1. The van der Waals surface area contributed by atoms with Gasteiger partial charge in [0, 0.05) is 23.9 Å². The van der Waals surface area contributed by atoms with Crippen molar-refractivity contribution in [3.63, 3.8) is 0 Å². The van der Waals surface area contributed by atoms with Gasteiger partial charge in [-0.25, -0.2) is 0 Å². The normalized spacial score (nSPS) is 19.4. The summed E-state index contributed by atoms with van der Waals surface area (Å²) in [7, 11) is 1.70. The van der Waals surface area contributed by atoms with E-state index in [2.05, 4.69) is 23.3 Å². The lowest BCUT2D eigenvalue weighted by molar-refractivity contribution is 0.325. The number of piperidine rings is 1. The summed E-state index contributed by atoms with van der Waals surface area (Å²) in [5, 5.41) is 3.40. The number of aromatic nitrogens is 1. The summed E-state index contributed by atoms with van der Waals surface area (Å²) in [5.74, 6) is 2.18. The number of rotatable bonds is 3. The maximum atomic E-state index is 5.24. The molecule has 1 unspecified atom stereocenters. The largest absolute Gasteiger partial charge is 0.497 e. The van der Waals surface area contributed by atoms with Crippen LogP contribution in [-0.2, 0) is 0 Å². The second kappa shape index (κ2) is 5.30. The molecule has 1 aromatic rings. The molecule has 88 valence electrons.